The molecular weight excluding hydrogens is 422 g/mol. The first-order chi connectivity index (χ1) is 14.3. The third kappa shape index (κ3) is 4.35. The summed E-state index contributed by atoms with van der Waals surface area (Å²) in [6.07, 6.45) is 2.53. The van der Waals surface area contributed by atoms with Crippen LogP contribution in [-0.4, -0.2) is 19.9 Å². The zero-order valence-corrected chi connectivity index (χ0v) is 16.0. The topological polar surface area (TPSA) is 66.5 Å². The van der Waals surface area contributed by atoms with E-state index in [2.05, 4.69) is 25.3 Å². The molecule has 0 saturated carbocycles. The van der Waals surface area contributed by atoms with Gasteiger partial charge in [-0.25, -0.2) is 19.3 Å². The predicted molar refractivity (Wildman–Crippen MR) is 105 cm³/mol. The average molecular weight is 436 g/mol. The van der Waals surface area contributed by atoms with Crippen molar-refractivity contribution in [1.82, 2.24) is 19.9 Å². The van der Waals surface area contributed by atoms with Gasteiger partial charge in [-0.2, -0.15) is 13.2 Å². The van der Waals surface area contributed by atoms with E-state index in [9.17, 15) is 17.6 Å². The number of aromatic amines is 1. The molecule has 2 N–H and O–H groups in total. The Morgan fingerprint density at radius 1 is 1.00 bits per heavy atom. The molecule has 154 valence electrons. The molecule has 0 saturated heterocycles. The van der Waals surface area contributed by atoms with Crippen LogP contribution in [0.1, 0.15) is 22.3 Å². The Hall–Kier alpha value is -3.20. The number of fused-ring (bicyclic) bond motifs is 1. The molecule has 5 nitrogen and oxygen atoms in total. The first-order valence-corrected chi connectivity index (χ1v) is 9.19. The van der Waals surface area contributed by atoms with Crippen LogP contribution in [0.25, 0.3) is 11.0 Å². The van der Waals surface area contributed by atoms with Crippen LogP contribution in [0.3, 0.4) is 0 Å². The highest BCUT2D eigenvalue weighted by atomic mass is 35.5. The lowest BCUT2D eigenvalue weighted by Gasteiger charge is -2.10. The van der Waals surface area contributed by atoms with Crippen molar-refractivity contribution >= 4 is 28.6 Å². The van der Waals surface area contributed by atoms with Crippen LogP contribution in [0.2, 0.25) is 5.02 Å². The fraction of sp³-hybridized carbons (Fsp3) is 0.150. The minimum atomic E-state index is -4.72. The number of alkyl halides is 3. The van der Waals surface area contributed by atoms with Crippen molar-refractivity contribution in [3.05, 3.63) is 82.1 Å². The van der Waals surface area contributed by atoms with Gasteiger partial charge in [-0.3, -0.25) is 0 Å². The Kier molecular flexibility index (Phi) is 5.29. The smallest absolute Gasteiger partial charge is 0.350 e. The van der Waals surface area contributed by atoms with Crippen LogP contribution >= 0.6 is 11.6 Å². The van der Waals surface area contributed by atoms with E-state index in [0.29, 0.717) is 17.0 Å². The molecule has 3 heterocycles. The van der Waals surface area contributed by atoms with Crippen molar-refractivity contribution in [3.8, 4) is 0 Å². The minimum Gasteiger partial charge on any atom is -0.350 e. The zero-order chi connectivity index (χ0) is 21.3. The number of hydrogen-bond donors (Lipinski definition) is 2. The average Bonchev–Trinajstić information content (AvgIpc) is 3.08. The van der Waals surface area contributed by atoms with Gasteiger partial charge in [0.05, 0.1) is 10.6 Å². The van der Waals surface area contributed by atoms with E-state index in [0.717, 1.165) is 34.3 Å². The summed E-state index contributed by atoms with van der Waals surface area (Å²) in [4.78, 5) is 15.7. The normalized spacial score (nSPS) is 11.8. The number of H-pyrrole nitrogens is 1. The number of nitrogens with one attached hydrogen (secondary N) is 2. The lowest BCUT2D eigenvalue weighted by Crippen LogP contribution is -2.09. The summed E-state index contributed by atoms with van der Waals surface area (Å²) >= 11 is 6.01. The Balaban J connectivity index is 1.41. The number of rotatable bonds is 5. The lowest BCUT2D eigenvalue weighted by atomic mass is 10.1. The number of nitrogens with zero attached hydrogens (tertiary/aromatic N) is 3. The summed E-state index contributed by atoms with van der Waals surface area (Å²) < 4.78 is 51.5. The van der Waals surface area contributed by atoms with E-state index >= 15 is 0 Å². The fourth-order valence-corrected chi connectivity index (χ4v) is 3.17. The van der Waals surface area contributed by atoms with Crippen molar-refractivity contribution < 1.29 is 17.6 Å². The van der Waals surface area contributed by atoms with E-state index in [-0.39, 0.29) is 12.5 Å². The molecule has 10 heteroatoms. The van der Waals surface area contributed by atoms with Gasteiger partial charge in [0.25, 0.3) is 0 Å². The van der Waals surface area contributed by atoms with Crippen LogP contribution < -0.4 is 5.32 Å². The molecule has 3 aromatic heterocycles. The van der Waals surface area contributed by atoms with Gasteiger partial charge in [0, 0.05) is 43.1 Å². The van der Waals surface area contributed by atoms with Crippen LogP contribution in [0, 0.1) is 5.82 Å². The third-order valence-electron chi connectivity index (χ3n) is 4.47. The number of halogens is 5. The van der Waals surface area contributed by atoms with Crippen molar-refractivity contribution in [2.45, 2.75) is 19.1 Å². The summed E-state index contributed by atoms with van der Waals surface area (Å²) in [7, 11) is 0. The van der Waals surface area contributed by atoms with Gasteiger partial charge >= 0.3 is 6.18 Å². The maximum Gasteiger partial charge on any atom is 0.419 e. The Morgan fingerprint density at radius 2 is 1.77 bits per heavy atom. The molecule has 30 heavy (non-hydrogen) atoms. The summed E-state index contributed by atoms with van der Waals surface area (Å²) in [5, 5.41) is 4.32. The monoisotopic (exact) mass is 435 g/mol. The van der Waals surface area contributed by atoms with E-state index in [4.69, 9.17) is 11.6 Å². The van der Waals surface area contributed by atoms with Crippen molar-refractivity contribution in [2.75, 3.05) is 5.32 Å². The van der Waals surface area contributed by atoms with Gasteiger partial charge in [-0.05, 0) is 34.9 Å². The summed E-state index contributed by atoms with van der Waals surface area (Å²) in [6.45, 7) is 0.0843. The second kappa shape index (κ2) is 7.91. The highest BCUT2D eigenvalue weighted by Crippen LogP contribution is 2.31. The second-order valence-corrected chi connectivity index (χ2v) is 7.06. The van der Waals surface area contributed by atoms with E-state index in [1.165, 1.54) is 6.07 Å². The number of pyridine rings is 1. The fourth-order valence-electron chi connectivity index (χ4n) is 3.02. The van der Waals surface area contributed by atoms with Gasteiger partial charge < -0.3 is 10.3 Å². The van der Waals surface area contributed by atoms with E-state index < -0.39 is 17.6 Å². The minimum absolute atomic E-state index is 0.0843. The SMILES string of the molecule is Fc1cc(CNc2ncc(Cc3c[nH]c4ncc(Cl)cc34)cn2)ccc1C(F)(F)F. The standard InChI is InChI=1S/C20H14ClF4N5/c21-14-5-15-13(9-26-18(15)27-10-14)3-12-7-29-19(30-8-12)28-6-11-1-2-16(17(22)4-11)20(23,24)25/h1-2,4-5,7-10H,3,6H2,(H,26,27)(H,28,29,30). The molecule has 4 aromatic rings. The van der Waals surface area contributed by atoms with Gasteiger partial charge in [-0.15, -0.1) is 0 Å². The molecule has 1 aromatic carbocycles. The molecule has 0 unspecified atom stereocenters. The van der Waals surface area contributed by atoms with Gasteiger partial charge in [0.1, 0.15) is 11.5 Å². The Labute approximate surface area is 173 Å². The first kappa shape index (κ1) is 20.1. The second-order valence-electron chi connectivity index (χ2n) is 6.62. The lowest BCUT2D eigenvalue weighted by molar-refractivity contribution is -0.140. The van der Waals surface area contributed by atoms with E-state index in [1.54, 1.807) is 18.6 Å². The molecule has 0 aliphatic carbocycles. The Morgan fingerprint density at radius 3 is 2.47 bits per heavy atom. The van der Waals surface area contributed by atoms with Crippen LogP contribution in [0.5, 0.6) is 0 Å². The number of benzene rings is 1. The van der Waals surface area contributed by atoms with Crippen molar-refractivity contribution in [1.29, 1.82) is 0 Å². The first-order valence-electron chi connectivity index (χ1n) is 8.81. The highest BCUT2D eigenvalue weighted by molar-refractivity contribution is 6.31. The van der Waals surface area contributed by atoms with Crippen molar-refractivity contribution in [3.63, 3.8) is 0 Å². The molecule has 0 aliphatic heterocycles. The molecule has 0 amide bonds. The van der Waals surface area contributed by atoms with Gasteiger partial charge in [0.2, 0.25) is 5.95 Å². The number of hydrogen-bond acceptors (Lipinski definition) is 4. The molecule has 4 rings (SSSR count). The maximum absolute atomic E-state index is 13.6. The van der Waals surface area contributed by atoms with Crippen LogP contribution in [0.4, 0.5) is 23.5 Å². The molecule has 0 atom stereocenters. The molecule has 0 bridgehead atoms. The maximum atomic E-state index is 13.6. The Bertz CT molecular complexity index is 1190. The predicted octanol–water partition coefficient (Wildman–Crippen LogP) is 5.37. The zero-order valence-electron chi connectivity index (χ0n) is 15.3. The van der Waals surface area contributed by atoms with Crippen LogP contribution in [0.15, 0.2) is 49.1 Å². The van der Waals surface area contributed by atoms with Gasteiger partial charge in [-0.1, -0.05) is 17.7 Å². The van der Waals surface area contributed by atoms with Crippen molar-refractivity contribution in [2.24, 2.45) is 0 Å². The summed E-state index contributed by atoms with van der Waals surface area (Å²) in [5.41, 5.74) is 1.63. The number of anilines is 1. The molecule has 0 aliphatic rings. The molecule has 0 radical (unpaired) electrons. The summed E-state index contributed by atoms with van der Waals surface area (Å²) in [5.74, 6) is -1.03. The molecule has 0 fully saturated rings. The van der Waals surface area contributed by atoms with E-state index in [1.807, 2.05) is 12.3 Å². The largest absolute Gasteiger partial charge is 0.419 e. The number of aromatic nitrogens is 4. The van der Waals surface area contributed by atoms with Crippen LogP contribution in [-0.2, 0) is 19.1 Å². The quantitative estimate of drug-likeness (QED) is 0.414. The molecular formula is C20H14ClF4N5. The molecule has 0 spiro atoms. The van der Waals surface area contributed by atoms with Gasteiger partial charge in [0.15, 0.2) is 0 Å². The highest BCUT2D eigenvalue weighted by Gasteiger charge is 2.33. The summed E-state index contributed by atoms with van der Waals surface area (Å²) in [6, 6.07) is 4.61. The third-order valence-corrected chi connectivity index (χ3v) is 4.68.